The minimum absolute atomic E-state index is 0.00393. The molecule has 0 radical (unpaired) electrons. The molecule has 0 aromatic heterocycles. The average Bonchev–Trinajstić information content (AvgIpc) is 2.63. The van der Waals surface area contributed by atoms with Gasteiger partial charge >= 0.3 is 0 Å². The maximum absolute atomic E-state index is 7.40. The van der Waals surface area contributed by atoms with Crippen LogP contribution in [0.4, 0.5) is 0 Å². The van der Waals surface area contributed by atoms with Gasteiger partial charge in [-0.2, -0.15) is 0 Å². The Morgan fingerprint density at radius 2 is 1.76 bits per heavy atom. The minimum Gasteiger partial charge on any atom is -0.281 e. The van der Waals surface area contributed by atoms with Gasteiger partial charge in [-0.1, -0.05) is 69.3 Å². The van der Waals surface area contributed by atoms with Crippen molar-refractivity contribution in [3.63, 3.8) is 0 Å². The lowest BCUT2D eigenvalue weighted by atomic mass is 10.0. The fourth-order valence-corrected chi connectivity index (χ4v) is 2.35. The van der Waals surface area contributed by atoms with Gasteiger partial charge in [0.05, 0.1) is 0 Å². The fraction of sp³-hybridized carbons (Fsp3) is 0.318. The highest BCUT2D eigenvalue weighted by Crippen LogP contribution is 2.15. The van der Waals surface area contributed by atoms with Gasteiger partial charge in [0.25, 0.3) is 0 Å². The summed E-state index contributed by atoms with van der Waals surface area (Å²) < 4.78 is 0. The summed E-state index contributed by atoms with van der Waals surface area (Å²) in [6, 6.07) is 14.5. The molecule has 0 bridgehead atoms. The Hall–Kier alpha value is -2.55. The number of allylic oxidation sites excluding steroid dienone is 1. The topological polar surface area (TPSA) is 60.1 Å². The molecule has 0 unspecified atom stereocenters. The minimum atomic E-state index is -0.00393. The normalized spacial score (nSPS) is 10.5. The van der Waals surface area contributed by atoms with E-state index in [0.717, 1.165) is 17.5 Å². The van der Waals surface area contributed by atoms with E-state index in [4.69, 9.17) is 10.9 Å². The van der Waals surface area contributed by atoms with Crippen molar-refractivity contribution in [2.24, 2.45) is 5.11 Å². The fourth-order valence-electron chi connectivity index (χ4n) is 2.35. The molecule has 0 heterocycles. The largest absolute Gasteiger partial charge is 0.281 e. The molecule has 2 rings (SSSR count). The SMILES string of the molecule is C/C=C\c1cc(C(=N)N=N)ccc1C.CCc1ccc(C(C)C)cc1. The second-order valence-electron chi connectivity index (χ2n) is 6.28. The molecule has 2 N–H and O–H groups in total. The van der Waals surface area contributed by atoms with Crippen LogP contribution in [0, 0.1) is 17.9 Å². The van der Waals surface area contributed by atoms with Gasteiger partial charge in [-0.25, -0.2) is 5.53 Å². The van der Waals surface area contributed by atoms with Crippen molar-refractivity contribution in [3.05, 3.63) is 76.4 Å². The van der Waals surface area contributed by atoms with Gasteiger partial charge in [-0.15, -0.1) is 5.11 Å². The summed E-state index contributed by atoms with van der Waals surface area (Å²) in [5, 5.41) is 10.5. The van der Waals surface area contributed by atoms with Crippen molar-refractivity contribution < 1.29 is 0 Å². The van der Waals surface area contributed by atoms with E-state index in [2.05, 4.69) is 50.2 Å². The Kier molecular flexibility index (Phi) is 8.48. The van der Waals surface area contributed by atoms with Crippen LogP contribution >= 0.6 is 0 Å². The lowest BCUT2D eigenvalue weighted by Gasteiger charge is -2.04. The summed E-state index contributed by atoms with van der Waals surface area (Å²) in [4.78, 5) is 0. The summed E-state index contributed by atoms with van der Waals surface area (Å²) >= 11 is 0. The molecule has 25 heavy (non-hydrogen) atoms. The number of nitrogens with zero attached hydrogens (tertiary/aromatic N) is 1. The van der Waals surface area contributed by atoms with Crippen LogP contribution in [0.2, 0.25) is 0 Å². The van der Waals surface area contributed by atoms with Gasteiger partial charge in [0.15, 0.2) is 5.84 Å². The Balaban J connectivity index is 0.000000257. The summed E-state index contributed by atoms with van der Waals surface area (Å²) in [6.45, 7) is 10.6. The molecular weight excluding hydrogens is 306 g/mol. The van der Waals surface area contributed by atoms with Crippen molar-refractivity contribution in [2.75, 3.05) is 0 Å². The Morgan fingerprint density at radius 1 is 1.12 bits per heavy atom. The van der Waals surface area contributed by atoms with E-state index < -0.39 is 0 Å². The molecule has 0 aliphatic heterocycles. The second kappa shape index (κ2) is 10.3. The van der Waals surface area contributed by atoms with Crippen molar-refractivity contribution in [3.8, 4) is 0 Å². The number of rotatable bonds is 4. The van der Waals surface area contributed by atoms with E-state index in [1.807, 2.05) is 44.2 Å². The molecular formula is C22H29N3. The predicted molar refractivity (Wildman–Crippen MR) is 108 cm³/mol. The molecule has 132 valence electrons. The number of hydrogen-bond acceptors (Lipinski definition) is 2. The van der Waals surface area contributed by atoms with E-state index in [1.165, 1.54) is 11.1 Å². The van der Waals surface area contributed by atoms with Gasteiger partial charge in [0.2, 0.25) is 0 Å². The third kappa shape index (κ3) is 6.46. The first-order valence-corrected chi connectivity index (χ1v) is 8.71. The number of amidine groups is 1. The summed E-state index contributed by atoms with van der Waals surface area (Å²) in [7, 11) is 0. The first kappa shape index (κ1) is 20.5. The summed E-state index contributed by atoms with van der Waals surface area (Å²) in [5.74, 6) is 0.650. The lowest BCUT2D eigenvalue weighted by molar-refractivity contribution is 0.865. The van der Waals surface area contributed by atoms with E-state index in [0.29, 0.717) is 11.5 Å². The van der Waals surface area contributed by atoms with E-state index in [-0.39, 0.29) is 5.84 Å². The van der Waals surface area contributed by atoms with Gasteiger partial charge in [0.1, 0.15) is 0 Å². The zero-order valence-corrected chi connectivity index (χ0v) is 15.9. The number of hydrogen-bond donors (Lipinski definition) is 2. The van der Waals surface area contributed by atoms with Crippen molar-refractivity contribution in [1.29, 1.82) is 10.9 Å². The second-order valence-corrected chi connectivity index (χ2v) is 6.28. The highest BCUT2D eigenvalue weighted by Gasteiger charge is 2.01. The molecule has 2 aromatic rings. The summed E-state index contributed by atoms with van der Waals surface area (Å²) in [6.07, 6.45) is 5.07. The van der Waals surface area contributed by atoms with E-state index >= 15 is 0 Å². The van der Waals surface area contributed by atoms with Gasteiger partial charge in [-0.05, 0) is 54.5 Å². The van der Waals surface area contributed by atoms with Crippen LogP contribution in [0.15, 0.2) is 53.7 Å². The zero-order valence-electron chi connectivity index (χ0n) is 15.9. The number of benzene rings is 2. The molecule has 0 spiro atoms. The molecule has 0 aliphatic carbocycles. The molecule has 0 saturated heterocycles. The smallest absolute Gasteiger partial charge is 0.173 e. The van der Waals surface area contributed by atoms with E-state index in [1.54, 1.807) is 0 Å². The molecule has 0 aliphatic rings. The van der Waals surface area contributed by atoms with Crippen LogP contribution in [-0.2, 0) is 6.42 Å². The lowest BCUT2D eigenvalue weighted by Crippen LogP contribution is -1.94. The standard InChI is InChI=1S/C11H13N3.C11H16/c1-3-4-9-7-10(11(12)14-13)6-5-8(9)2;1-4-10-5-7-11(8-6-10)9(2)3/h3-7,12-13H,1-2H3;5-9H,4H2,1-3H3/b4-3-,12-11?,14-13?;. The zero-order chi connectivity index (χ0) is 18.8. The van der Waals surface area contributed by atoms with Crippen LogP contribution in [-0.4, -0.2) is 5.84 Å². The van der Waals surface area contributed by atoms with Gasteiger partial charge < -0.3 is 0 Å². The molecule has 0 fully saturated rings. The van der Waals surface area contributed by atoms with Crippen LogP contribution in [0.1, 0.15) is 61.4 Å². The van der Waals surface area contributed by atoms with E-state index in [9.17, 15) is 0 Å². The Labute approximate surface area is 151 Å². The predicted octanol–water partition coefficient (Wildman–Crippen LogP) is 6.76. The monoisotopic (exact) mass is 335 g/mol. The number of aryl methyl sites for hydroxylation is 2. The van der Waals surface area contributed by atoms with Crippen molar-refractivity contribution in [2.45, 2.75) is 47.0 Å². The van der Waals surface area contributed by atoms with Crippen LogP contribution in [0.3, 0.4) is 0 Å². The molecule has 3 heteroatoms. The highest BCUT2D eigenvalue weighted by molar-refractivity contribution is 5.97. The van der Waals surface area contributed by atoms with Gasteiger partial charge in [-0.3, -0.25) is 5.41 Å². The van der Waals surface area contributed by atoms with Gasteiger partial charge in [0, 0.05) is 5.56 Å². The first-order chi connectivity index (χ1) is 11.9. The Morgan fingerprint density at radius 3 is 2.24 bits per heavy atom. The van der Waals surface area contributed by atoms with Crippen LogP contribution in [0.25, 0.3) is 6.08 Å². The molecule has 3 nitrogen and oxygen atoms in total. The first-order valence-electron chi connectivity index (χ1n) is 8.71. The third-order valence-corrected chi connectivity index (χ3v) is 4.07. The molecule has 0 atom stereocenters. The summed E-state index contributed by atoms with van der Waals surface area (Å²) in [5.41, 5.74) is 12.5. The molecule has 0 saturated carbocycles. The van der Waals surface area contributed by atoms with Crippen LogP contribution < -0.4 is 0 Å². The maximum Gasteiger partial charge on any atom is 0.173 e. The average molecular weight is 335 g/mol. The molecule has 0 amide bonds. The molecule has 2 aromatic carbocycles. The van der Waals surface area contributed by atoms with Crippen molar-refractivity contribution >= 4 is 11.9 Å². The van der Waals surface area contributed by atoms with Crippen LogP contribution in [0.5, 0.6) is 0 Å². The van der Waals surface area contributed by atoms with Crippen molar-refractivity contribution in [1.82, 2.24) is 0 Å². The maximum atomic E-state index is 7.40. The third-order valence-electron chi connectivity index (χ3n) is 4.07. The quantitative estimate of drug-likeness (QED) is 0.352. The highest BCUT2D eigenvalue weighted by atomic mass is 15.0. The number of nitrogens with one attached hydrogen (secondary N) is 2. The Bertz CT molecular complexity index is 725.